The lowest BCUT2D eigenvalue weighted by Crippen LogP contribution is -2.25. The van der Waals surface area contributed by atoms with Crippen LogP contribution in [0.5, 0.6) is 0 Å². The van der Waals surface area contributed by atoms with Crippen molar-refractivity contribution in [2.45, 2.75) is 218 Å². The second kappa shape index (κ2) is 43.0. The fraction of sp³-hybridized carbons (Fsp3) is 0.414. The van der Waals surface area contributed by atoms with E-state index in [0.29, 0.717) is 100 Å². The first-order valence-corrected chi connectivity index (χ1v) is 44.5. The molecule has 0 spiro atoms. The normalized spacial score (nSPS) is 18.2. The lowest BCUT2D eigenvalue weighted by atomic mass is 9.78. The van der Waals surface area contributed by atoms with Gasteiger partial charge in [0.1, 0.15) is 49.5 Å². The number of alkyl halides is 6. The van der Waals surface area contributed by atoms with Crippen molar-refractivity contribution in [3.63, 3.8) is 0 Å². The van der Waals surface area contributed by atoms with Crippen molar-refractivity contribution in [1.82, 2.24) is 59.6 Å². The van der Waals surface area contributed by atoms with Crippen LogP contribution >= 0.6 is 0 Å². The zero-order valence-corrected chi connectivity index (χ0v) is 73.9. The first kappa shape index (κ1) is 93.9. The molecule has 5 fully saturated rings. The van der Waals surface area contributed by atoms with Crippen LogP contribution in [-0.4, -0.2) is 104 Å². The number of hydrogen-bond donors (Lipinski definition) is 2. The molecular formula is C99H109F10N17O4. The molecule has 4 atom stereocenters. The number of furan rings is 1. The van der Waals surface area contributed by atoms with Crippen molar-refractivity contribution < 1.29 is 63.0 Å². The topological polar surface area (TPSA) is 231 Å². The number of aryl methyl sites for hydroxylation is 7. The number of aromatic nitrogens is 12. The van der Waals surface area contributed by atoms with Gasteiger partial charge in [0.2, 0.25) is 5.82 Å². The number of carboxylic acid groups (broad SMARTS) is 1. The van der Waals surface area contributed by atoms with Crippen LogP contribution in [0.3, 0.4) is 0 Å². The van der Waals surface area contributed by atoms with Gasteiger partial charge in [0.05, 0.1) is 54.4 Å². The average molecular weight is 1790 g/mol. The van der Waals surface area contributed by atoms with Gasteiger partial charge in [-0.15, -0.1) is 0 Å². The smallest absolute Gasteiger partial charge is 0.303 e. The van der Waals surface area contributed by atoms with E-state index in [1.54, 1.807) is 60.7 Å². The van der Waals surface area contributed by atoms with Crippen LogP contribution in [0.2, 0.25) is 0 Å². The molecule has 11 heterocycles. The van der Waals surface area contributed by atoms with E-state index >= 15 is 17.6 Å². The predicted octanol–water partition coefficient (Wildman–Crippen LogP) is 22.0. The van der Waals surface area contributed by atoms with E-state index in [1.807, 2.05) is 94.1 Å². The van der Waals surface area contributed by atoms with Crippen molar-refractivity contribution in [2.75, 3.05) is 58.2 Å². The number of carboxylic acids is 1. The Kier molecular flexibility index (Phi) is 31.0. The third kappa shape index (κ3) is 24.2. The van der Waals surface area contributed by atoms with Crippen molar-refractivity contribution in [3.05, 3.63) is 309 Å². The van der Waals surface area contributed by atoms with Crippen LogP contribution in [0.1, 0.15) is 230 Å². The van der Waals surface area contributed by atoms with Gasteiger partial charge in [-0.25, -0.2) is 89.1 Å². The summed E-state index contributed by atoms with van der Waals surface area (Å²) in [6.45, 7) is 10.8. The van der Waals surface area contributed by atoms with Crippen molar-refractivity contribution in [2.24, 2.45) is 11.8 Å². The lowest BCUT2D eigenvalue weighted by Gasteiger charge is -2.28. The van der Waals surface area contributed by atoms with Crippen LogP contribution in [0.15, 0.2) is 194 Å². The SMILES string of the molecule is CC(F)(F)c1ccc(C2CCCN2c2ncnc(CCC3CCC(CC(=O)O)CC3)c2F)cc1.CC(F)(F)c1ccc(C2CCCN2c2ncnc(CCc3cccc(Cn4cncn4)c3)c2F)cc1.COCc1cccc(CCc2ncnc(N3CCCC3c3ccc(C(C)(F)F)cc3)c2F)c1.Cc1ccc(CNc2ncnc(N3CCCC3c3ccc(C)o3)c2F)cn1. The highest BCUT2D eigenvalue weighted by Crippen LogP contribution is 2.44. The predicted molar refractivity (Wildman–Crippen MR) is 477 cm³/mol. The largest absolute Gasteiger partial charge is 0.481 e. The number of methoxy groups -OCH3 is 1. The molecule has 5 aliphatic rings. The Morgan fingerprint density at radius 2 is 0.892 bits per heavy atom. The summed E-state index contributed by atoms with van der Waals surface area (Å²) in [4.78, 5) is 60.6. The molecule has 1 saturated carbocycles. The minimum absolute atomic E-state index is 0.00255. The van der Waals surface area contributed by atoms with Crippen molar-refractivity contribution >= 4 is 35.1 Å². The number of aliphatic carboxylic acids is 1. The van der Waals surface area contributed by atoms with Crippen LogP contribution in [0.4, 0.5) is 73.0 Å². The van der Waals surface area contributed by atoms with Crippen LogP contribution in [0.25, 0.3) is 0 Å². The third-order valence-corrected chi connectivity index (χ3v) is 25.0. The van der Waals surface area contributed by atoms with E-state index in [0.717, 1.165) is 173 Å². The Morgan fingerprint density at radius 3 is 1.32 bits per heavy atom. The molecule has 0 amide bonds. The van der Waals surface area contributed by atoms with Crippen molar-refractivity contribution in [1.29, 1.82) is 0 Å². The fourth-order valence-corrected chi connectivity index (χ4v) is 18.1. The fourth-order valence-electron chi connectivity index (χ4n) is 18.1. The summed E-state index contributed by atoms with van der Waals surface area (Å²) < 4.78 is 156. The van der Waals surface area contributed by atoms with Gasteiger partial charge in [-0.05, 0) is 191 Å². The van der Waals surface area contributed by atoms with Crippen LogP contribution in [0, 0.1) is 49.0 Å². The highest BCUT2D eigenvalue weighted by molar-refractivity contribution is 5.67. The van der Waals surface area contributed by atoms with Gasteiger partial charge in [0.25, 0.3) is 17.8 Å². The summed E-state index contributed by atoms with van der Waals surface area (Å²) >= 11 is 0. The van der Waals surface area contributed by atoms with Crippen LogP contribution < -0.4 is 24.9 Å². The minimum atomic E-state index is -2.89. The molecule has 17 rings (SSSR count). The highest BCUT2D eigenvalue weighted by atomic mass is 19.3. The summed E-state index contributed by atoms with van der Waals surface area (Å²) in [6, 6.07) is 42.5. The molecule has 12 aromatic rings. The Hall–Kier alpha value is -12.3. The van der Waals surface area contributed by atoms with E-state index in [1.165, 1.54) is 68.0 Å². The summed E-state index contributed by atoms with van der Waals surface area (Å²) in [5.41, 5.74) is 9.96. The molecule has 4 aliphatic heterocycles. The van der Waals surface area contributed by atoms with Gasteiger partial charge >= 0.3 is 5.97 Å². The van der Waals surface area contributed by atoms with E-state index in [2.05, 4.69) is 72.4 Å². The summed E-state index contributed by atoms with van der Waals surface area (Å²) in [5.74, 6) is -7.32. The number of pyridine rings is 1. The Bertz CT molecular complexity index is 5680. The zero-order valence-electron chi connectivity index (χ0n) is 73.9. The molecule has 2 N–H and O–H groups in total. The molecular weight excluding hydrogens is 1680 g/mol. The maximum absolute atomic E-state index is 15.6. The number of benzene rings is 5. The molecule has 7 aromatic heterocycles. The Morgan fingerprint density at radius 1 is 0.462 bits per heavy atom. The average Bonchev–Trinajstić information content (AvgIpc) is 1.71. The van der Waals surface area contributed by atoms with E-state index in [9.17, 15) is 31.1 Å². The van der Waals surface area contributed by atoms with Gasteiger partial charge in [0.15, 0.2) is 46.5 Å². The molecule has 0 bridgehead atoms. The third-order valence-electron chi connectivity index (χ3n) is 25.0. The Labute approximate surface area is 750 Å². The molecule has 5 aromatic carbocycles. The standard InChI is InChI=1S/C27H27F3N6.C26H32F3N3O2.C26H28F3N3O.C20H22FN5O/c1-27(29,30)22-10-8-21(9-11-22)24-6-3-13-36(24)26-25(28)23(32-17-33-26)12-7-19-4-2-5-20(14-19)15-35-18-31-16-34-35;1-26(28,29)20-11-9-19(10-12-20)22-3-2-14-32(22)25-24(27)21(30-16-31-25)13-8-17-4-6-18(7-5-17)15-23(33)34;1-26(28,29)21-11-9-20(10-12-21)23-7-4-14-32(23)25-24(27)22(30-17-31-25)13-8-18-5-3-6-19(15-18)16-33-2;1-13-5-7-15(10-22-13)11-23-19-18(21)20(25-12-24-19)26-9-3-4-16(26)17-8-6-14(2)27-17/h2,4-5,8-11,14,16-18,24H,3,6-7,12-13,15H2,1H3;9-12,16-18,22H,2-8,13-15H2,1H3,(H,33,34);3,5-6,9-12,15,17,23H,4,7-8,13-14,16H2,1-2H3;5-8,10,12,16H,3-4,9,11H2,1-2H3,(H,23,24,25). The number of carbonyl (C=O) groups is 1. The summed E-state index contributed by atoms with van der Waals surface area (Å²) in [6.07, 6.45) is 25.0. The second-order valence-electron chi connectivity index (χ2n) is 34.5. The summed E-state index contributed by atoms with van der Waals surface area (Å²) in [5, 5.41) is 16.2. The number of nitrogens with one attached hydrogen (secondary N) is 1. The quantitative estimate of drug-likeness (QED) is 0.0415. The van der Waals surface area contributed by atoms with Gasteiger partial charge < -0.3 is 39.2 Å². The second-order valence-corrected chi connectivity index (χ2v) is 34.5. The number of hydrogen-bond acceptors (Lipinski definition) is 19. The van der Waals surface area contributed by atoms with E-state index in [-0.39, 0.29) is 76.5 Å². The monoisotopic (exact) mass is 1790 g/mol. The first-order valence-electron chi connectivity index (χ1n) is 44.5. The van der Waals surface area contributed by atoms with Crippen molar-refractivity contribution in [3.8, 4) is 0 Å². The molecule has 31 heteroatoms. The first-order chi connectivity index (χ1) is 62.6. The maximum Gasteiger partial charge on any atom is 0.303 e. The highest BCUT2D eigenvalue weighted by Gasteiger charge is 2.38. The summed E-state index contributed by atoms with van der Waals surface area (Å²) in [7, 11) is 1.66. The Balaban J connectivity index is 0.000000140. The van der Waals surface area contributed by atoms with Crippen LogP contribution in [-0.2, 0) is 79.1 Å². The number of anilines is 5. The number of rotatable bonds is 29. The van der Waals surface area contributed by atoms with Gasteiger partial charge in [-0.2, -0.15) is 9.49 Å². The zero-order chi connectivity index (χ0) is 91.6. The molecule has 4 saturated heterocycles. The maximum atomic E-state index is 15.6. The molecule has 130 heavy (non-hydrogen) atoms. The minimum Gasteiger partial charge on any atom is -0.481 e. The van der Waals surface area contributed by atoms with E-state index in [4.69, 9.17) is 14.3 Å². The molecule has 4 unspecified atom stereocenters. The molecule has 0 radical (unpaired) electrons. The van der Waals surface area contributed by atoms with Gasteiger partial charge in [0, 0.05) is 95.6 Å². The van der Waals surface area contributed by atoms with Gasteiger partial charge in [-0.1, -0.05) is 140 Å². The lowest BCUT2D eigenvalue weighted by molar-refractivity contribution is -0.138. The molecule has 1 aliphatic carbocycles. The number of ether oxygens (including phenoxy) is 1. The number of nitrogens with zero attached hydrogens (tertiary/aromatic N) is 16. The molecule has 684 valence electrons. The van der Waals surface area contributed by atoms with Gasteiger partial charge in [-0.3, -0.25) is 9.78 Å². The number of halogens is 10. The molecule has 21 nitrogen and oxygen atoms in total. The van der Waals surface area contributed by atoms with E-state index < -0.39 is 47.0 Å².